The molecule has 0 aliphatic rings. The summed E-state index contributed by atoms with van der Waals surface area (Å²) in [6.45, 7) is 0. The number of rotatable bonds is 4. The van der Waals surface area contributed by atoms with Crippen molar-refractivity contribution in [2.45, 2.75) is 17.4 Å². The van der Waals surface area contributed by atoms with Gasteiger partial charge in [-0.25, -0.2) is 12.8 Å². The fraction of sp³-hybridized carbons (Fsp3) is 0.143. The average Bonchev–Trinajstić information content (AvgIpc) is 2.47. The smallest absolute Gasteiger partial charge is 0.404 e. The summed E-state index contributed by atoms with van der Waals surface area (Å²) in [5.41, 5.74) is -2.43. The summed E-state index contributed by atoms with van der Waals surface area (Å²) in [5, 5.41) is 0. The fourth-order valence-corrected chi connectivity index (χ4v) is 3.05. The maximum atomic E-state index is 13.7. The standard InChI is InChI=1S/C14H8F7NO3S/c15-9-6-5-8(13(16,17)18)7-10(9)22-26(23,24)12-4-2-1-3-11(12)25-14(19,20)21/h1-7,22H. The SMILES string of the molecule is O=S(=O)(Nc1cc(C(F)(F)F)ccc1F)c1ccccc1OC(F)(F)F. The van der Waals surface area contributed by atoms with Gasteiger partial charge in [-0.05, 0) is 30.3 Å². The summed E-state index contributed by atoms with van der Waals surface area (Å²) in [4.78, 5) is -1.03. The van der Waals surface area contributed by atoms with Gasteiger partial charge >= 0.3 is 12.5 Å². The molecule has 4 nitrogen and oxygen atoms in total. The van der Waals surface area contributed by atoms with Crippen molar-refractivity contribution in [2.24, 2.45) is 0 Å². The molecule has 0 aliphatic carbocycles. The van der Waals surface area contributed by atoms with Crippen LogP contribution in [0.2, 0.25) is 0 Å². The molecule has 0 saturated carbocycles. The van der Waals surface area contributed by atoms with E-state index in [2.05, 4.69) is 4.74 Å². The quantitative estimate of drug-likeness (QED) is 0.763. The molecule has 2 rings (SSSR count). The first kappa shape index (κ1) is 19.8. The summed E-state index contributed by atoms with van der Waals surface area (Å²) in [6.07, 6.45) is -10.1. The summed E-state index contributed by atoms with van der Waals surface area (Å²) < 4.78 is 118. The van der Waals surface area contributed by atoms with Gasteiger partial charge in [0, 0.05) is 0 Å². The second-order valence-electron chi connectivity index (χ2n) is 4.79. The van der Waals surface area contributed by atoms with Crippen molar-refractivity contribution < 1.29 is 43.9 Å². The van der Waals surface area contributed by atoms with Crippen LogP contribution >= 0.6 is 0 Å². The van der Waals surface area contributed by atoms with Crippen LogP contribution in [-0.4, -0.2) is 14.8 Å². The third-order valence-corrected chi connectivity index (χ3v) is 4.31. The van der Waals surface area contributed by atoms with Crippen molar-refractivity contribution in [1.82, 2.24) is 0 Å². The number of anilines is 1. The normalized spacial score (nSPS) is 12.7. The van der Waals surface area contributed by atoms with Crippen LogP contribution in [0.15, 0.2) is 47.4 Å². The molecule has 2 aromatic rings. The van der Waals surface area contributed by atoms with Crippen LogP contribution < -0.4 is 9.46 Å². The van der Waals surface area contributed by atoms with Gasteiger partial charge in [-0.15, -0.1) is 13.2 Å². The van der Waals surface area contributed by atoms with Gasteiger partial charge in [-0.3, -0.25) is 4.72 Å². The van der Waals surface area contributed by atoms with Gasteiger partial charge in [0.15, 0.2) is 0 Å². The molecule has 0 bridgehead atoms. The number of para-hydroxylation sites is 1. The van der Waals surface area contributed by atoms with E-state index in [0.29, 0.717) is 18.2 Å². The van der Waals surface area contributed by atoms with Crippen LogP contribution in [-0.2, 0) is 16.2 Å². The van der Waals surface area contributed by atoms with Crippen molar-refractivity contribution in [1.29, 1.82) is 0 Å². The number of alkyl halides is 6. The van der Waals surface area contributed by atoms with Crippen LogP contribution in [0.25, 0.3) is 0 Å². The Morgan fingerprint density at radius 3 is 2.12 bits per heavy atom. The van der Waals surface area contributed by atoms with Gasteiger partial charge < -0.3 is 4.74 Å². The Morgan fingerprint density at radius 1 is 0.923 bits per heavy atom. The topological polar surface area (TPSA) is 55.4 Å². The van der Waals surface area contributed by atoms with Crippen LogP contribution in [0.1, 0.15) is 5.56 Å². The number of sulfonamides is 1. The first-order chi connectivity index (χ1) is 11.8. The highest BCUT2D eigenvalue weighted by Gasteiger charge is 2.35. The molecule has 0 aliphatic heterocycles. The summed E-state index contributed by atoms with van der Waals surface area (Å²) in [5.74, 6) is -2.48. The summed E-state index contributed by atoms with van der Waals surface area (Å²) in [7, 11) is -4.88. The Labute approximate surface area is 142 Å². The van der Waals surface area contributed by atoms with Crippen LogP contribution in [0.5, 0.6) is 5.75 Å². The molecular weight excluding hydrogens is 395 g/mol. The monoisotopic (exact) mass is 403 g/mol. The zero-order valence-corrected chi connectivity index (χ0v) is 13.1. The minimum Gasteiger partial charge on any atom is -0.404 e. The second kappa shape index (κ2) is 6.67. The third kappa shape index (κ3) is 4.77. The molecular formula is C14H8F7NO3S. The van der Waals surface area contributed by atoms with E-state index >= 15 is 0 Å². The Balaban J connectivity index is 2.45. The van der Waals surface area contributed by atoms with E-state index in [1.807, 2.05) is 0 Å². The Bertz CT molecular complexity index is 907. The van der Waals surface area contributed by atoms with Gasteiger partial charge in [0.05, 0.1) is 11.3 Å². The third-order valence-electron chi connectivity index (χ3n) is 2.90. The van der Waals surface area contributed by atoms with Crippen LogP contribution in [0.4, 0.5) is 36.4 Å². The minimum atomic E-state index is -5.22. The molecule has 0 amide bonds. The lowest BCUT2D eigenvalue weighted by Gasteiger charge is -2.15. The van der Waals surface area contributed by atoms with Crippen molar-refractivity contribution in [2.75, 3.05) is 4.72 Å². The molecule has 0 heterocycles. The highest BCUT2D eigenvalue weighted by atomic mass is 32.2. The zero-order valence-electron chi connectivity index (χ0n) is 12.3. The fourth-order valence-electron chi connectivity index (χ4n) is 1.86. The lowest BCUT2D eigenvalue weighted by molar-refractivity contribution is -0.275. The van der Waals surface area contributed by atoms with Gasteiger partial charge in [0.25, 0.3) is 10.0 Å². The van der Waals surface area contributed by atoms with E-state index in [1.165, 1.54) is 4.72 Å². The maximum Gasteiger partial charge on any atom is 0.573 e. The molecule has 2 aromatic carbocycles. The molecule has 1 N–H and O–H groups in total. The lowest BCUT2D eigenvalue weighted by Crippen LogP contribution is -2.21. The molecule has 0 radical (unpaired) electrons. The molecule has 0 aromatic heterocycles. The number of benzene rings is 2. The molecule has 0 atom stereocenters. The molecule has 0 spiro atoms. The molecule has 12 heteroatoms. The Hall–Kier alpha value is -2.50. The van der Waals surface area contributed by atoms with E-state index in [0.717, 1.165) is 18.2 Å². The molecule has 0 saturated heterocycles. The Kier molecular flexibility index (Phi) is 5.08. The predicted octanol–water partition coefficient (Wildman–Crippen LogP) is 4.54. The van der Waals surface area contributed by atoms with Crippen molar-refractivity contribution in [3.05, 3.63) is 53.8 Å². The highest BCUT2D eigenvalue weighted by Crippen LogP contribution is 2.34. The molecule has 26 heavy (non-hydrogen) atoms. The van der Waals surface area contributed by atoms with E-state index in [9.17, 15) is 39.2 Å². The Morgan fingerprint density at radius 2 is 1.54 bits per heavy atom. The molecule has 142 valence electrons. The second-order valence-corrected chi connectivity index (χ2v) is 6.44. The van der Waals surface area contributed by atoms with Gasteiger partial charge in [0.1, 0.15) is 16.5 Å². The van der Waals surface area contributed by atoms with Gasteiger partial charge in [-0.1, -0.05) is 12.1 Å². The maximum absolute atomic E-state index is 13.7. The number of hydrogen-bond donors (Lipinski definition) is 1. The first-order valence-corrected chi connectivity index (χ1v) is 8.02. The largest absolute Gasteiger partial charge is 0.573 e. The van der Waals surface area contributed by atoms with Crippen molar-refractivity contribution >= 4 is 15.7 Å². The van der Waals surface area contributed by atoms with Crippen molar-refractivity contribution in [3.63, 3.8) is 0 Å². The van der Waals surface area contributed by atoms with E-state index in [-0.39, 0.29) is 6.07 Å². The molecule has 0 fully saturated rings. The predicted molar refractivity (Wildman–Crippen MR) is 75.3 cm³/mol. The van der Waals surface area contributed by atoms with Crippen LogP contribution in [0.3, 0.4) is 0 Å². The van der Waals surface area contributed by atoms with E-state index in [4.69, 9.17) is 0 Å². The minimum absolute atomic E-state index is 0.181. The number of nitrogens with one attached hydrogen (secondary N) is 1. The highest BCUT2D eigenvalue weighted by molar-refractivity contribution is 7.92. The number of hydrogen-bond acceptors (Lipinski definition) is 3. The number of ether oxygens (including phenoxy) is 1. The zero-order chi connectivity index (χ0) is 19.8. The first-order valence-electron chi connectivity index (χ1n) is 6.54. The van der Waals surface area contributed by atoms with E-state index in [1.54, 1.807) is 0 Å². The molecule has 0 unspecified atom stereocenters. The lowest BCUT2D eigenvalue weighted by atomic mass is 10.2. The average molecular weight is 403 g/mol. The van der Waals surface area contributed by atoms with Crippen molar-refractivity contribution in [3.8, 4) is 5.75 Å². The summed E-state index contributed by atoms with van der Waals surface area (Å²) >= 11 is 0. The number of halogens is 7. The van der Waals surface area contributed by atoms with Crippen LogP contribution in [0, 0.1) is 5.82 Å². The van der Waals surface area contributed by atoms with Gasteiger partial charge in [0.2, 0.25) is 0 Å². The van der Waals surface area contributed by atoms with Gasteiger partial charge in [-0.2, -0.15) is 13.2 Å². The van der Waals surface area contributed by atoms with E-state index < -0.39 is 50.3 Å². The summed E-state index contributed by atoms with van der Waals surface area (Å²) in [6, 6.07) is 4.44.